The molecule has 1 aliphatic rings. The van der Waals surface area contributed by atoms with Crippen LogP contribution in [-0.4, -0.2) is 42.2 Å². The molecule has 1 fully saturated rings. The highest BCUT2D eigenvalue weighted by Crippen LogP contribution is 2.20. The SMILES string of the molecule is CCOC(=O)C1CCN(C(=O)CSCc2ccccc2)CC1. The van der Waals surface area contributed by atoms with Crippen molar-refractivity contribution >= 4 is 23.6 Å². The number of amides is 1. The number of likely N-dealkylation sites (tertiary alicyclic amines) is 1. The van der Waals surface area contributed by atoms with E-state index in [1.807, 2.05) is 30.0 Å². The molecule has 0 bridgehead atoms. The molecule has 0 aromatic heterocycles. The lowest BCUT2D eigenvalue weighted by Gasteiger charge is -2.30. The highest BCUT2D eigenvalue weighted by atomic mass is 32.2. The average molecular weight is 321 g/mol. The number of rotatable bonds is 6. The molecule has 0 N–H and O–H groups in total. The third-order valence-corrected chi connectivity index (χ3v) is 4.79. The van der Waals surface area contributed by atoms with Gasteiger partial charge in [-0.15, -0.1) is 11.8 Å². The van der Waals surface area contributed by atoms with E-state index in [0.717, 1.165) is 5.75 Å². The zero-order valence-electron chi connectivity index (χ0n) is 13.0. The smallest absolute Gasteiger partial charge is 0.309 e. The van der Waals surface area contributed by atoms with Gasteiger partial charge >= 0.3 is 5.97 Å². The molecule has 1 saturated heterocycles. The number of piperidine rings is 1. The van der Waals surface area contributed by atoms with Crippen LogP contribution in [0.3, 0.4) is 0 Å². The van der Waals surface area contributed by atoms with Gasteiger partial charge in [0.05, 0.1) is 18.3 Å². The first-order chi connectivity index (χ1) is 10.7. The maximum Gasteiger partial charge on any atom is 0.309 e. The van der Waals surface area contributed by atoms with E-state index in [1.54, 1.807) is 11.8 Å². The van der Waals surface area contributed by atoms with Crippen LogP contribution in [0.25, 0.3) is 0 Å². The summed E-state index contributed by atoms with van der Waals surface area (Å²) in [5.41, 5.74) is 1.24. The molecule has 0 atom stereocenters. The number of carbonyl (C=O) groups is 2. The third kappa shape index (κ3) is 5.05. The van der Waals surface area contributed by atoms with E-state index >= 15 is 0 Å². The molecular formula is C17H23NO3S. The number of nitrogens with zero attached hydrogens (tertiary/aromatic N) is 1. The molecule has 2 rings (SSSR count). The Labute approximate surface area is 136 Å². The number of esters is 1. The molecule has 1 aliphatic heterocycles. The van der Waals surface area contributed by atoms with Gasteiger partial charge in [0.25, 0.3) is 0 Å². The van der Waals surface area contributed by atoms with Crippen LogP contribution in [0.2, 0.25) is 0 Å². The van der Waals surface area contributed by atoms with Crippen molar-refractivity contribution in [3.8, 4) is 0 Å². The van der Waals surface area contributed by atoms with Gasteiger partial charge in [0.15, 0.2) is 0 Å². The molecule has 1 heterocycles. The fourth-order valence-corrected chi connectivity index (χ4v) is 3.43. The Balaban J connectivity index is 1.68. The van der Waals surface area contributed by atoms with Gasteiger partial charge < -0.3 is 9.64 Å². The Morgan fingerprint density at radius 1 is 1.23 bits per heavy atom. The number of ether oxygens (including phenoxy) is 1. The molecule has 120 valence electrons. The van der Waals surface area contributed by atoms with Crippen LogP contribution in [0.1, 0.15) is 25.3 Å². The lowest BCUT2D eigenvalue weighted by molar-refractivity contribution is -0.151. The van der Waals surface area contributed by atoms with Crippen LogP contribution in [0.4, 0.5) is 0 Å². The zero-order valence-corrected chi connectivity index (χ0v) is 13.8. The monoisotopic (exact) mass is 321 g/mol. The maximum absolute atomic E-state index is 12.2. The summed E-state index contributed by atoms with van der Waals surface area (Å²) in [7, 11) is 0. The largest absolute Gasteiger partial charge is 0.466 e. The maximum atomic E-state index is 12.2. The number of hydrogen-bond acceptors (Lipinski definition) is 4. The Morgan fingerprint density at radius 3 is 2.55 bits per heavy atom. The minimum atomic E-state index is -0.118. The Bertz CT molecular complexity index is 484. The summed E-state index contributed by atoms with van der Waals surface area (Å²) in [5, 5.41) is 0. The Kier molecular flexibility index (Phi) is 6.77. The predicted octanol–water partition coefficient (Wildman–Crippen LogP) is 2.72. The first-order valence-corrected chi connectivity index (χ1v) is 8.92. The summed E-state index contributed by atoms with van der Waals surface area (Å²) in [4.78, 5) is 25.7. The molecule has 1 aromatic rings. The molecule has 0 aliphatic carbocycles. The van der Waals surface area contributed by atoms with Crippen molar-refractivity contribution in [2.24, 2.45) is 5.92 Å². The van der Waals surface area contributed by atoms with Gasteiger partial charge in [-0.05, 0) is 25.3 Å². The highest BCUT2D eigenvalue weighted by molar-refractivity contribution is 7.99. The zero-order chi connectivity index (χ0) is 15.8. The lowest BCUT2D eigenvalue weighted by atomic mass is 9.97. The van der Waals surface area contributed by atoms with Crippen LogP contribution in [0, 0.1) is 5.92 Å². The molecule has 22 heavy (non-hydrogen) atoms. The Hall–Kier alpha value is -1.49. The number of hydrogen-bond donors (Lipinski definition) is 0. The van der Waals surface area contributed by atoms with Crippen molar-refractivity contribution in [2.75, 3.05) is 25.4 Å². The number of carbonyl (C=O) groups excluding carboxylic acids is 2. The van der Waals surface area contributed by atoms with Crippen molar-refractivity contribution in [3.63, 3.8) is 0 Å². The van der Waals surface area contributed by atoms with E-state index in [2.05, 4.69) is 12.1 Å². The second-order valence-electron chi connectivity index (χ2n) is 5.39. The average Bonchev–Trinajstić information content (AvgIpc) is 2.56. The van der Waals surface area contributed by atoms with E-state index < -0.39 is 0 Å². The Morgan fingerprint density at radius 2 is 1.91 bits per heavy atom. The van der Waals surface area contributed by atoms with Crippen molar-refractivity contribution in [3.05, 3.63) is 35.9 Å². The van der Waals surface area contributed by atoms with Crippen LogP contribution < -0.4 is 0 Å². The van der Waals surface area contributed by atoms with Crippen LogP contribution >= 0.6 is 11.8 Å². The second-order valence-corrected chi connectivity index (χ2v) is 6.37. The minimum Gasteiger partial charge on any atom is -0.466 e. The quantitative estimate of drug-likeness (QED) is 0.756. The van der Waals surface area contributed by atoms with Crippen LogP contribution in [0.5, 0.6) is 0 Å². The molecule has 0 unspecified atom stereocenters. The van der Waals surface area contributed by atoms with Gasteiger partial charge in [-0.2, -0.15) is 0 Å². The van der Waals surface area contributed by atoms with Gasteiger partial charge in [-0.1, -0.05) is 30.3 Å². The van der Waals surface area contributed by atoms with E-state index in [9.17, 15) is 9.59 Å². The molecule has 5 heteroatoms. The summed E-state index contributed by atoms with van der Waals surface area (Å²) in [6.07, 6.45) is 1.43. The van der Waals surface area contributed by atoms with E-state index in [-0.39, 0.29) is 17.8 Å². The van der Waals surface area contributed by atoms with Gasteiger partial charge in [-0.25, -0.2) is 0 Å². The summed E-state index contributed by atoms with van der Waals surface area (Å²) in [6, 6.07) is 10.2. The normalized spacial score (nSPS) is 15.6. The van der Waals surface area contributed by atoms with Crippen LogP contribution in [0.15, 0.2) is 30.3 Å². The van der Waals surface area contributed by atoms with Gasteiger partial charge in [0.1, 0.15) is 0 Å². The number of benzene rings is 1. The van der Waals surface area contributed by atoms with E-state index in [1.165, 1.54) is 5.56 Å². The van der Waals surface area contributed by atoms with Crippen molar-refractivity contribution < 1.29 is 14.3 Å². The summed E-state index contributed by atoms with van der Waals surface area (Å²) < 4.78 is 5.04. The predicted molar refractivity (Wildman–Crippen MR) is 88.5 cm³/mol. The molecule has 1 amide bonds. The highest BCUT2D eigenvalue weighted by Gasteiger charge is 2.27. The molecule has 0 spiro atoms. The fraction of sp³-hybridized carbons (Fsp3) is 0.529. The molecule has 4 nitrogen and oxygen atoms in total. The number of thioether (sulfide) groups is 1. The van der Waals surface area contributed by atoms with Gasteiger partial charge in [0.2, 0.25) is 5.91 Å². The van der Waals surface area contributed by atoms with Crippen molar-refractivity contribution in [2.45, 2.75) is 25.5 Å². The third-order valence-electron chi connectivity index (χ3n) is 3.80. The summed E-state index contributed by atoms with van der Waals surface area (Å²) in [5.74, 6) is 1.36. The van der Waals surface area contributed by atoms with Crippen molar-refractivity contribution in [1.82, 2.24) is 4.90 Å². The molecule has 0 saturated carbocycles. The first-order valence-electron chi connectivity index (χ1n) is 7.76. The van der Waals surface area contributed by atoms with Gasteiger partial charge in [0, 0.05) is 18.8 Å². The molecular weight excluding hydrogens is 298 g/mol. The summed E-state index contributed by atoms with van der Waals surface area (Å²) >= 11 is 1.64. The van der Waals surface area contributed by atoms with Crippen LogP contribution in [-0.2, 0) is 20.1 Å². The molecule has 0 radical (unpaired) electrons. The summed E-state index contributed by atoms with van der Waals surface area (Å²) in [6.45, 7) is 3.57. The first kappa shape index (κ1) is 16.9. The van der Waals surface area contributed by atoms with Gasteiger partial charge in [-0.3, -0.25) is 9.59 Å². The van der Waals surface area contributed by atoms with Crippen molar-refractivity contribution in [1.29, 1.82) is 0 Å². The second kappa shape index (κ2) is 8.83. The minimum absolute atomic E-state index is 0.0408. The molecule has 1 aromatic carbocycles. The van der Waals surface area contributed by atoms with E-state index in [4.69, 9.17) is 4.74 Å². The van der Waals surface area contributed by atoms with E-state index in [0.29, 0.717) is 38.3 Å². The lowest BCUT2D eigenvalue weighted by Crippen LogP contribution is -2.41. The standard InChI is InChI=1S/C17H23NO3S/c1-2-21-17(20)15-8-10-18(11-9-15)16(19)13-22-12-14-6-4-3-5-7-14/h3-7,15H,2,8-13H2,1H3. The fourth-order valence-electron chi connectivity index (χ4n) is 2.55. The topological polar surface area (TPSA) is 46.6 Å².